The first kappa shape index (κ1) is 16.2. The van der Waals surface area contributed by atoms with Crippen molar-refractivity contribution >= 4 is 11.7 Å². The number of amides is 1. The van der Waals surface area contributed by atoms with E-state index in [-0.39, 0.29) is 5.91 Å². The van der Waals surface area contributed by atoms with Gasteiger partial charge in [0.1, 0.15) is 5.82 Å². The Labute approximate surface area is 138 Å². The van der Waals surface area contributed by atoms with Crippen LogP contribution in [0.2, 0.25) is 0 Å². The predicted molar refractivity (Wildman–Crippen MR) is 91.2 cm³/mol. The van der Waals surface area contributed by atoms with Crippen LogP contribution >= 0.6 is 0 Å². The lowest BCUT2D eigenvalue weighted by Gasteiger charge is -2.32. The van der Waals surface area contributed by atoms with Gasteiger partial charge in [-0.1, -0.05) is 19.3 Å². The van der Waals surface area contributed by atoms with Crippen LogP contribution in [0, 0.1) is 11.8 Å². The third-order valence-electron chi connectivity index (χ3n) is 5.27. The van der Waals surface area contributed by atoms with Crippen LogP contribution in [0.4, 0.5) is 5.82 Å². The molecule has 1 aliphatic heterocycles. The molecule has 5 nitrogen and oxygen atoms in total. The maximum Gasteiger partial charge on any atom is 0.220 e. The van der Waals surface area contributed by atoms with Crippen LogP contribution in [0.15, 0.2) is 18.6 Å². The van der Waals surface area contributed by atoms with Crippen molar-refractivity contribution in [1.82, 2.24) is 15.3 Å². The highest BCUT2D eigenvalue weighted by Crippen LogP contribution is 2.26. The summed E-state index contributed by atoms with van der Waals surface area (Å²) in [6, 6.07) is 0. The fraction of sp³-hybridized carbons (Fsp3) is 0.722. The molecule has 5 heteroatoms. The number of rotatable bonds is 5. The second kappa shape index (κ2) is 8.27. The van der Waals surface area contributed by atoms with Crippen molar-refractivity contribution in [3.63, 3.8) is 0 Å². The Morgan fingerprint density at radius 2 is 1.87 bits per heavy atom. The van der Waals surface area contributed by atoms with Gasteiger partial charge in [-0.25, -0.2) is 4.98 Å². The topological polar surface area (TPSA) is 58.1 Å². The summed E-state index contributed by atoms with van der Waals surface area (Å²) in [4.78, 5) is 22.9. The Hall–Kier alpha value is -1.65. The first-order chi connectivity index (χ1) is 11.3. The zero-order valence-corrected chi connectivity index (χ0v) is 13.9. The van der Waals surface area contributed by atoms with Crippen molar-refractivity contribution in [3.8, 4) is 0 Å². The molecule has 0 spiro atoms. The molecule has 2 heterocycles. The zero-order valence-electron chi connectivity index (χ0n) is 13.9. The first-order valence-corrected chi connectivity index (χ1v) is 9.09. The van der Waals surface area contributed by atoms with E-state index in [0.29, 0.717) is 11.8 Å². The lowest BCUT2D eigenvalue weighted by molar-refractivity contribution is -0.122. The molecule has 126 valence electrons. The quantitative estimate of drug-likeness (QED) is 0.907. The molecular weight excluding hydrogens is 288 g/mol. The fourth-order valence-electron chi connectivity index (χ4n) is 3.80. The van der Waals surface area contributed by atoms with Crippen LogP contribution in [-0.2, 0) is 4.79 Å². The molecule has 1 N–H and O–H groups in total. The van der Waals surface area contributed by atoms with Gasteiger partial charge >= 0.3 is 0 Å². The van der Waals surface area contributed by atoms with E-state index in [9.17, 15) is 4.79 Å². The van der Waals surface area contributed by atoms with Crippen molar-refractivity contribution in [2.45, 2.75) is 51.4 Å². The molecule has 1 aromatic rings. The van der Waals surface area contributed by atoms with Crippen LogP contribution in [0.3, 0.4) is 0 Å². The minimum absolute atomic E-state index is 0.258. The van der Waals surface area contributed by atoms with Gasteiger partial charge in [-0.3, -0.25) is 9.78 Å². The second-order valence-corrected chi connectivity index (χ2v) is 7.01. The number of carbonyl (C=O) groups is 1. The molecule has 0 bridgehead atoms. The third kappa shape index (κ3) is 4.91. The number of nitrogens with one attached hydrogen (secondary N) is 1. The molecule has 2 aliphatic rings. The zero-order chi connectivity index (χ0) is 15.9. The molecule has 0 radical (unpaired) electrons. The number of aromatic nitrogens is 2. The van der Waals surface area contributed by atoms with E-state index in [2.05, 4.69) is 20.2 Å². The smallest absolute Gasteiger partial charge is 0.220 e. The summed E-state index contributed by atoms with van der Waals surface area (Å²) in [5.41, 5.74) is 0. The highest BCUT2D eigenvalue weighted by atomic mass is 16.1. The summed E-state index contributed by atoms with van der Waals surface area (Å²) in [5, 5.41) is 3.17. The molecule has 1 amide bonds. The van der Waals surface area contributed by atoms with E-state index in [1.807, 2.05) is 6.20 Å². The molecule has 1 saturated carbocycles. The van der Waals surface area contributed by atoms with Crippen molar-refractivity contribution in [1.29, 1.82) is 0 Å². The van der Waals surface area contributed by atoms with Crippen molar-refractivity contribution in [2.75, 3.05) is 24.5 Å². The number of hydrogen-bond acceptors (Lipinski definition) is 4. The molecule has 0 unspecified atom stereocenters. The van der Waals surface area contributed by atoms with Crippen LogP contribution in [0.5, 0.6) is 0 Å². The average molecular weight is 316 g/mol. The Kier molecular flexibility index (Phi) is 5.83. The molecule has 23 heavy (non-hydrogen) atoms. The number of piperidine rings is 1. The van der Waals surface area contributed by atoms with Gasteiger partial charge in [-0.15, -0.1) is 0 Å². The van der Waals surface area contributed by atoms with Crippen LogP contribution < -0.4 is 10.2 Å². The molecule has 0 aromatic carbocycles. The van der Waals surface area contributed by atoms with Gasteiger partial charge in [0.2, 0.25) is 5.91 Å². The Balaban J connectivity index is 1.35. The molecule has 1 aromatic heterocycles. The summed E-state index contributed by atoms with van der Waals surface area (Å²) in [5.74, 6) is 2.45. The lowest BCUT2D eigenvalue weighted by atomic mass is 9.87. The van der Waals surface area contributed by atoms with Gasteiger partial charge < -0.3 is 10.2 Å². The fourth-order valence-corrected chi connectivity index (χ4v) is 3.80. The predicted octanol–water partition coefficient (Wildman–Crippen LogP) is 2.78. The summed E-state index contributed by atoms with van der Waals surface area (Å²) >= 11 is 0. The van der Waals surface area contributed by atoms with E-state index < -0.39 is 0 Å². The maximum atomic E-state index is 12.1. The van der Waals surface area contributed by atoms with E-state index in [1.54, 1.807) is 12.4 Å². The minimum atomic E-state index is 0.258. The van der Waals surface area contributed by atoms with Crippen LogP contribution in [0.1, 0.15) is 51.4 Å². The van der Waals surface area contributed by atoms with Crippen molar-refractivity contribution < 1.29 is 4.79 Å². The highest BCUT2D eigenvalue weighted by molar-refractivity contribution is 5.76. The standard InChI is InChI=1S/C18H28N4O/c23-18(12-15-4-2-1-3-5-15)21-13-16-6-10-22(11-7-16)17-14-19-8-9-20-17/h8-9,14-16H,1-7,10-13H2,(H,21,23). The largest absolute Gasteiger partial charge is 0.356 e. The van der Waals surface area contributed by atoms with Crippen molar-refractivity contribution in [3.05, 3.63) is 18.6 Å². The summed E-state index contributed by atoms with van der Waals surface area (Å²) in [7, 11) is 0. The van der Waals surface area contributed by atoms with Gasteiger partial charge in [0.15, 0.2) is 0 Å². The maximum absolute atomic E-state index is 12.1. The molecule has 2 fully saturated rings. The molecule has 3 rings (SSSR count). The number of hydrogen-bond donors (Lipinski definition) is 1. The molecule has 0 atom stereocenters. The number of nitrogens with zero attached hydrogens (tertiary/aromatic N) is 3. The Bertz CT molecular complexity index is 479. The van der Waals surface area contributed by atoms with Gasteiger partial charge in [0.05, 0.1) is 6.20 Å². The Morgan fingerprint density at radius 1 is 1.09 bits per heavy atom. The minimum Gasteiger partial charge on any atom is -0.356 e. The summed E-state index contributed by atoms with van der Waals surface area (Å²) in [6.07, 6.45) is 14.7. The summed E-state index contributed by atoms with van der Waals surface area (Å²) in [6.45, 7) is 2.84. The lowest BCUT2D eigenvalue weighted by Crippen LogP contribution is -2.39. The Morgan fingerprint density at radius 3 is 2.57 bits per heavy atom. The first-order valence-electron chi connectivity index (χ1n) is 9.09. The van der Waals surface area contributed by atoms with Gasteiger partial charge in [0, 0.05) is 38.4 Å². The number of anilines is 1. The van der Waals surface area contributed by atoms with Crippen LogP contribution in [0.25, 0.3) is 0 Å². The summed E-state index contributed by atoms with van der Waals surface area (Å²) < 4.78 is 0. The van der Waals surface area contributed by atoms with E-state index in [0.717, 1.165) is 44.7 Å². The molecule has 1 aliphatic carbocycles. The van der Waals surface area contributed by atoms with Gasteiger partial charge in [-0.05, 0) is 37.5 Å². The third-order valence-corrected chi connectivity index (χ3v) is 5.27. The van der Waals surface area contributed by atoms with Crippen LogP contribution in [-0.4, -0.2) is 35.5 Å². The number of carbonyl (C=O) groups excluding carboxylic acids is 1. The SMILES string of the molecule is O=C(CC1CCCCC1)NCC1CCN(c2cnccn2)CC1. The van der Waals surface area contributed by atoms with E-state index in [4.69, 9.17) is 0 Å². The van der Waals surface area contributed by atoms with Gasteiger partial charge in [0.25, 0.3) is 0 Å². The van der Waals surface area contributed by atoms with Crippen molar-refractivity contribution in [2.24, 2.45) is 11.8 Å². The van der Waals surface area contributed by atoms with E-state index >= 15 is 0 Å². The monoisotopic (exact) mass is 316 g/mol. The average Bonchev–Trinajstić information content (AvgIpc) is 2.62. The normalized spacial score (nSPS) is 20.4. The van der Waals surface area contributed by atoms with E-state index in [1.165, 1.54) is 32.1 Å². The molecule has 1 saturated heterocycles. The van der Waals surface area contributed by atoms with Gasteiger partial charge in [-0.2, -0.15) is 0 Å². The second-order valence-electron chi connectivity index (χ2n) is 7.01. The highest BCUT2D eigenvalue weighted by Gasteiger charge is 2.22. The molecular formula is C18H28N4O.